The van der Waals surface area contributed by atoms with Crippen molar-refractivity contribution in [1.29, 1.82) is 0 Å². The number of benzene rings is 1. The Morgan fingerprint density at radius 1 is 0.966 bits per heavy atom. The molecule has 1 aromatic rings. The Kier molecular flexibility index (Phi) is 5.36. The van der Waals surface area contributed by atoms with Gasteiger partial charge in [0.1, 0.15) is 6.04 Å². The number of hydrogen-bond donors (Lipinski definition) is 0. The van der Waals surface area contributed by atoms with Crippen molar-refractivity contribution in [3.05, 3.63) is 29.3 Å². The van der Waals surface area contributed by atoms with Crippen LogP contribution in [0.25, 0.3) is 0 Å². The van der Waals surface area contributed by atoms with Gasteiger partial charge in [0.25, 0.3) is 0 Å². The van der Waals surface area contributed by atoms with E-state index in [0.717, 1.165) is 38.8 Å². The number of imide groups is 1. The van der Waals surface area contributed by atoms with Crippen LogP contribution in [0.15, 0.2) is 18.2 Å². The number of rotatable bonds is 3. The molecule has 0 aromatic heterocycles. The van der Waals surface area contributed by atoms with Gasteiger partial charge in [-0.2, -0.15) is 0 Å². The first-order valence-electron chi connectivity index (χ1n) is 10.9. The fraction of sp³-hybridized carbons (Fsp3) is 0.609. The predicted molar refractivity (Wildman–Crippen MR) is 111 cm³/mol. The second kappa shape index (κ2) is 7.81. The van der Waals surface area contributed by atoms with Gasteiger partial charge in [-0.25, -0.2) is 0 Å². The van der Waals surface area contributed by atoms with Crippen LogP contribution >= 0.6 is 0 Å². The van der Waals surface area contributed by atoms with E-state index < -0.39 is 6.04 Å². The largest absolute Gasteiger partial charge is 0.368 e. The third-order valence-corrected chi connectivity index (χ3v) is 7.13. The summed E-state index contributed by atoms with van der Waals surface area (Å²) in [5.74, 6) is -0.768. The second-order valence-electron chi connectivity index (χ2n) is 8.75. The maximum absolute atomic E-state index is 13.1. The van der Waals surface area contributed by atoms with Crippen molar-refractivity contribution in [2.75, 3.05) is 31.1 Å². The molecule has 6 nitrogen and oxygen atoms in total. The average Bonchev–Trinajstić information content (AvgIpc) is 3.00. The van der Waals surface area contributed by atoms with Gasteiger partial charge >= 0.3 is 0 Å². The third-order valence-electron chi connectivity index (χ3n) is 7.13. The quantitative estimate of drug-likeness (QED) is 0.736. The minimum Gasteiger partial charge on any atom is -0.368 e. The topological polar surface area (TPSA) is 60.9 Å². The highest BCUT2D eigenvalue weighted by atomic mass is 16.2. The minimum absolute atomic E-state index is 0.106. The van der Waals surface area contributed by atoms with E-state index in [-0.39, 0.29) is 29.6 Å². The highest BCUT2D eigenvalue weighted by Gasteiger charge is 2.51. The van der Waals surface area contributed by atoms with Gasteiger partial charge in [-0.15, -0.1) is 0 Å². The molecule has 6 heteroatoms. The first-order chi connectivity index (χ1) is 13.9. The van der Waals surface area contributed by atoms with Crippen molar-refractivity contribution < 1.29 is 14.4 Å². The zero-order valence-corrected chi connectivity index (χ0v) is 17.7. The van der Waals surface area contributed by atoms with Crippen molar-refractivity contribution in [1.82, 2.24) is 9.80 Å². The number of carbonyl (C=O) groups is 3. The van der Waals surface area contributed by atoms with E-state index in [0.29, 0.717) is 13.1 Å². The number of carbonyl (C=O) groups excluding carboxylic acids is 3. The van der Waals surface area contributed by atoms with Crippen molar-refractivity contribution in [3.8, 4) is 0 Å². The van der Waals surface area contributed by atoms with Gasteiger partial charge in [0.05, 0.1) is 11.8 Å². The average molecular weight is 398 g/mol. The van der Waals surface area contributed by atoms with E-state index in [1.54, 1.807) is 6.92 Å². The van der Waals surface area contributed by atoms with E-state index in [2.05, 4.69) is 36.9 Å². The molecule has 0 radical (unpaired) electrons. The van der Waals surface area contributed by atoms with E-state index in [4.69, 9.17) is 0 Å². The van der Waals surface area contributed by atoms with Crippen LogP contribution in [0.1, 0.15) is 43.7 Å². The molecule has 3 amide bonds. The van der Waals surface area contributed by atoms with Gasteiger partial charge in [-0.3, -0.25) is 19.3 Å². The Balaban J connectivity index is 1.41. The summed E-state index contributed by atoms with van der Waals surface area (Å²) in [5, 5.41) is 0. The van der Waals surface area contributed by atoms with Crippen LogP contribution in [-0.2, 0) is 14.4 Å². The SMILES string of the molecule is Cc1cccc(N2CCN(C(=O)C(C)N3C(=O)C4CCCCC4C3=O)CC2)c1C. The maximum Gasteiger partial charge on any atom is 0.245 e. The van der Waals surface area contributed by atoms with Crippen LogP contribution in [0, 0.1) is 25.7 Å². The van der Waals surface area contributed by atoms with Crippen LogP contribution in [-0.4, -0.2) is 59.7 Å². The molecule has 156 valence electrons. The van der Waals surface area contributed by atoms with Crippen LogP contribution in [0.4, 0.5) is 5.69 Å². The molecule has 2 saturated heterocycles. The predicted octanol–water partition coefficient (Wildman–Crippen LogP) is 2.52. The number of piperazine rings is 1. The number of amides is 3. The summed E-state index contributed by atoms with van der Waals surface area (Å²) in [4.78, 5) is 44.1. The zero-order valence-electron chi connectivity index (χ0n) is 17.7. The van der Waals surface area contributed by atoms with Crippen LogP contribution in [0.2, 0.25) is 0 Å². The lowest BCUT2D eigenvalue weighted by molar-refractivity contribution is -0.151. The Bertz CT molecular complexity index is 805. The summed E-state index contributed by atoms with van der Waals surface area (Å²) in [6, 6.07) is 5.61. The molecule has 3 aliphatic rings. The third kappa shape index (κ3) is 3.43. The van der Waals surface area contributed by atoms with Crippen molar-refractivity contribution >= 4 is 23.4 Å². The molecule has 3 fully saturated rings. The standard InChI is InChI=1S/C23H31N3O3/c1-15-7-6-10-20(16(15)2)24-11-13-25(14-12-24)21(27)17(3)26-22(28)18-8-4-5-9-19(18)23(26)29/h6-7,10,17-19H,4-5,8-9,11-14H2,1-3H3. The Labute approximate surface area is 172 Å². The van der Waals surface area contributed by atoms with Crippen LogP contribution < -0.4 is 4.90 Å². The lowest BCUT2D eigenvalue weighted by atomic mass is 9.81. The number of aryl methyl sites for hydroxylation is 1. The molecule has 4 rings (SSSR count). The van der Waals surface area contributed by atoms with Gasteiger partial charge in [0.2, 0.25) is 17.7 Å². The van der Waals surface area contributed by atoms with Crippen LogP contribution in [0.5, 0.6) is 0 Å². The lowest BCUT2D eigenvalue weighted by Gasteiger charge is -2.38. The van der Waals surface area contributed by atoms with Crippen molar-refractivity contribution in [3.63, 3.8) is 0 Å². The fourth-order valence-electron chi connectivity index (χ4n) is 5.19. The second-order valence-corrected chi connectivity index (χ2v) is 8.75. The number of fused-ring (bicyclic) bond motifs is 1. The van der Waals surface area contributed by atoms with Gasteiger partial charge in [0.15, 0.2) is 0 Å². The lowest BCUT2D eigenvalue weighted by Crippen LogP contribution is -2.55. The first kappa shape index (κ1) is 19.9. The molecular formula is C23H31N3O3. The normalized spacial score (nSPS) is 26.0. The fourth-order valence-corrected chi connectivity index (χ4v) is 5.19. The molecule has 2 heterocycles. The number of anilines is 1. The van der Waals surface area contributed by atoms with E-state index in [1.165, 1.54) is 21.7 Å². The Morgan fingerprint density at radius 2 is 1.55 bits per heavy atom. The number of likely N-dealkylation sites (tertiary alicyclic amines) is 1. The smallest absolute Gasteiger partial charge is 0.245 e. The van der Waals surface area contributed by atoms with E-state index >= 15 is 0 Å². The number of hydrogen-bond acceptors (Lipinski definition) is 4. The summed E-state index contributed by atoms with van der Waals surface area (Å²) in [6.07, 6.45) is 3.55. The number of nitrogens with zero attached hydrogens (tertiary/aromatic N) is 3. The molecule has 2 aliphatic heterocycles. The van der Waals surface area contributed by atoms with Crippen molar-refractivity contribution in [2.45, 2.75) is 52.5 Å². The summed E-state index contributed by atoms with van der Waals surface area (Å²) in [6.45, 7) is 8.70. The molecule has 3 atom stereocenters. The zero-order chi connectivity index (χ0) is 20.7. The highest BCUT2D eigenvalue weighted by Crippen LogP contribution is 2.39. The van der Waals surface area contributed by atoms with Crippen molar-refractivity contribution in [2.24, 2.45) is 11.8 Å². The van der Waals surface area contributed by atoms with Gasteiger partial charge < -0.3 is 9.80 Å². The molecular weight excluding hydrogens is 366 g/mol. The maximum atomic E-state index is 13.1. The first-order valence-corrected chi connectivity index (χ1v) is 10.9. The molecule has 3 unspecified atom stereocenters. The molecule has 1 aromatic carbocycles. The Morgan fingerprint density at radius 3 is 2.14 bits per heavy atom. The van der Waals surface area contributed by atoms with E-state index in [1.807, 2.05) is 4.90 Å². The molecule has 29 heavy (non-hydrogen) atoms. The van der Waals surface area contributed by atoms with Crippen LogP contribution in [0.3, 0.4) is 0 Å². The molecule has 1 aliphatic carbocycles. The summed E-state index contributed by atoms with van der Waals surface area (Å²) in [7, 11) is 0. The molecule has 1 saturated carbocycles. The molecule has 0 N–H and O–H groups in total. The monoisotopic (exact) mass is 397 g/mol. The van der Waals surface area contributed by atoms with Gasteiger partial charge in [-0.05, 0) is 50.8 Å². The molecule has 0 bridgehead atoms. The summed E-state index contributed by atoms with van der Waals surface area (Å²) in [5.41, 5.74) is 3.76. The molecule has 0 spiro atoms. The van der Waals surface area contributed by atoms with Gasteiger partial charge in [0, 0.05) is 31.9 Å². The summed E-state index contributed by atoms with van der Waals surface area (Å²) < 4.78 is 0. The highest BCUT2D eigenvalue weighted by molar-refractivity contribution is 6.08. The van der Waals surface area contributed by atoms with Gasteiger partial charge in [-0.1, -0.05) is 25.0 Å². The Hall–Kier alpha value is -2.37. The van der Waals surface area contributed by atoms with E-state index in [9.17, 15) is 14.4 Å². The summed E-state index contributed by atoms with van der Waals surface area (Å²) >= 11 is 0. The minimum atomic E-state index is -0.701.